The van der Waals surface area contributed by atoms with Crippen molar-refractivity contribution in [3.63, 3.8) is 0 Å². The average Bonchev–Trinajstić information content (AvgIpc) is 3.05. The predicted octanol–water partition coefficient (Wildman–Crippen LogP) is 2.67. The SMILES string of the molecule is CCC1(C(=O)N2CCC(CCC(=O)O)C2)CCCC1. The molecule has 2 rings (SSSR count). The van der Waals surface area contributed by atoms with Crippen LogP contribution in [0.2, 0.25) is 0 Å². The van der Waals surface area contributed by atoms with E-state index < -0.39 is 5.97 Å². The van der Waals surface area contributed by atoms with Gasteiger partial charge in [-0.1, -0.05) is 19.8 Å². The molecule has 1 aliphatic heterocycles. The van der Waals surface area contributed by atoms with Gasteiger partial charge in [0.2, 0.25) is 5.91 Å². The van der Waals surface area contributed by atoms with Crippen LogP contribution in [0.15, 0.2) is 0 Å². The smallest absolute Gasteiger partial charge is 0.303 e. The quantitative estimate of drug-likeness (QED) is 0.833. The highest BCUT2D eigenvalue weighted by atomic mass is 16.4. The number of hydrogen-bond acceptors (Lipinski definition) is 2. The Hall–Kier alpha value is -1.06. The van der Waals surface area contributed by atoms with E-state index in [1.54, 1.807) is 0 Å². The van der Waals surface area contributed by atoms with Crippen LogP contribution in [0.25, 0.3) is 0 Å². The second-order valence-electron chi connectivity index (χ2n) is 6.18. The minimum Gasteiger partial charge on any atom is -0.481 e. The molecule has 0 aromatic rings. The highest BCUT2D eigenvalue weighted by Gasteiger charge is 2.43. The van der Waals surface area contributed by atoms with E-state index in [9.17, 15) is 9.59 Å². The van der Waals surface area contributed by atoms with Gasteiger partial charge < -0.3 is 10.0 Å². The van der Waals surface area contributed by atoms with Crippen LogP contribution >= 0.6 is 0 Å². The lowest BCUT2D eigenvalue weighted by atomic mass is 9.82. The lowest BCUT2D eigenvalue weighted by Gasteiger charge is -2.31. The largest absolute Gasteiger partial charge is 0.481 e. The fourth-order valence-corrected chi connectivity index (χ4v) is 3.69. The zero-order valence-electron chi connectivity index (χ0n) is 11.9. The van der Waals surface area contributed by atoms with Crippen molar-refractivity contribution in [3.8, 4) is 0 Å². The summed E-state index contributed by atoms with van der Waals surface area (Å²) >= 11 is 0. The van der Waals surface area contributed by atoms with E-state index in [2.05, 4.69) is 6.92 Å². The van der Waals surface area contributed by atoms with Crippen molar-refractivity contribution >= 4 is 11.9 Å². The molecule has 0 spiro atoms. The van der Waals surface area contributed by atoms with E-state index in [1.807, 2.05) is 4.90 Å². The van der Waals surface area contributed by atoms with Gasteiger partial charge in [0.05, 0.1) is 0 Å². The van der Waals surface area contributed by atoms with E-state index in [4.69, 9.17) is 5.11 Å². The summed E-state index contributed by atoms with van der Waals surface area (Å²) in [5.74, 6) is -0.00807. The highest BCUT2D eigenvalue weighted by Crippen LogP contribution is 2.43. The van der Waals surface area contributed by atoms with Gasteiger partial charge in [-0.15, -0.1) is 0 Å². The molecular weight excluding hydrogens is 242 g/mol. The molecule has 1 amide bonds. The fraction of sp³-hybridized carbons (Fsp3) is 0.867. The minimum atomic E-state index is -0.731. The van der Waals surface area contributed by atoms with E-state index in [0.717, 1.165) is 38.8 Å². The topological polar surface area (TPSA) is 57.6 Å². The highest BCUT2D eigenvalue weighted by molar-refractivity contribution is 5.83. The second kappa shape index (κ2) is 5.93. The van der Waals surface area contributed by atoms with Crippen LogP contribution in [0.5, 0.6) is 0 Å². The Balaban J connectivity index is 1.89. The Morgan fingerprint density at radius 3 is 2.58 bits per heavy atom. The van der Waals surface area contributed by atoms with Crippen molar-refractivity contribution in [2.24, 2.45) is 11.3 Å². The van der Waals surface area contributed by atoms with E-state index in [-0.39, 0.29) is 11.8 Å². The van der Waals surface area contributed by atoms with E-state index >= 15 is 0 Å². The number of aliphatic carboxylic acids is 1. The molecule has 4 heteroatoms. The Morgan fingerprint density at radius 1 is 1.32 bits per heavy atom. The molecule has 1 unspecified atom stereocenters. The molecule has 2 fully saturated rings. The van der Waals surface area contributed by atoms with Gasteiger partial charge in [-0.05, 0) is 38.0 Å². The van der Waals surface area contributed by atoms with Crippen LogP contribution in [0.3, 0.4) is 0 Å². The van der Waals surface area contributed by atoms with Crippen LogP contribution in [-0.4, -0.2) is 35.0 Å². The molecule has 1 saturated carbocycles. The van der Waals surface area contributed by atoms with Gasteiger partial charge in [0.15, 0.2) is 0 Å². The van der Waals surface area contributed by atoms with Crippen LogP contribution in [0.4, 0.5) is 0 Å². The van der Waals surface area contributed by atoms with Crippen molar-refractivity contribution in [2.75, 3.05) is 13.1 Å². The number of carboxylic acid groups (broad SMARTS) is 1. The first-order chi connectivity index (χ1) is 9.07. The third-order valence-electron chi connectivity index (χ3n) is 5.03. The summed E-state index contributed by atoms with van der Waals surface area (Å²) in [5, 5.41) is 8.72. The molecule has 1 heterocycles. The maximum Gasteiger partial charge on any atom is 0.303 e. The summed E-state index contributed by atoms with van der Waals surface area (Å²) < 4.78 is 0. The van der Waals surface area contributed by atoms with Gasteiger partial charge in [-0.25, -0.2) is 0 Å². The van der Waals surface area contributed by atoms with Gasteiger partial charge in [0.1, 0.15) is 0 Å². The zero-order chi connectivity index (χ0) is 13.9. The number of likely N-dealkylation sites (tertiary alicyclic amines) is 1. The standard InChI is InChI=1S/C15H25NO3/c1-2-15(8-3-4-9-15)14(19)16-10-7-12(11-16)5-6-13(17)18/h12H,2-11H2,1H3,(H,17,18). The molecule has 108 valence electrons. The zero-order valence-corrected chi connectivity index (χ0v) is 11.9. The molecule has 1 N–H and O–H groups in total. The monoisotopic (exact) mass is 267 g/mol. The van der Waals surface area contributed by atoms with Gasteiger partial charge in [-0.2, -0.15) is 0 Å². The van der Waals surface area contributed by atoms with Crippen LogP contribution in [0, 0.1) is 11.3 Å². The van der Waals surface area contributed by atoms with Crippen molar-refractivity contribution in [1.29, 1.82) is 0 Å². The van der Waals surface area contributed by atoms with Gasteiger partial charge in [0.25, 0.3) is 0 Å². The average molecular weight is 267 g/mol. The molecule has 1 atom stereocenters. The molecule has 0 aromatic heterocycles. The molecule has 4 nitrogen and oxygen atoms in total. The number of amides is 1. The molecule has 0 bridgehead atoms. The van der Waals surface area contributed by atoms with Crippen LogP contribution in [-0.2, 0) is 9.59 Å². The normalized spacial score (nSPS) is 25.7. The van der Waals surface area contributed by atoms with Crippen molar-refractivity contribution < 1.29 is 14.7 Å². The first-order valence-corrected chi connectivity index (χ1v) is 7.58. The summed E-state index contributed by atoms with van der Waals surface area (Å²) in [6, 6.07) is 0. The number of carbonyl (C=O) groups is 2. The third kappa shape index (κ3) is 3.10. The van der Waals surface area contributed by atoms with Crippen LogP contribution in [0.1, 0.15) is 58.3 Å². The Bertz CT molecular complexity index is 347. The number of rotatable bonds is 5. The van der Waals surface area contributed by atoms with Gasteiger partial charge in [0, 0.05) is 24.9 Å². The lowest BCUT2D eigenvalue weighted by molar-refractivity contribution is -0.141. The number of hydrogen-bond donors (Lipinski definition) is 1. The number of nitrogens with zero attached hydrogens (tertiary/aromatic N) is 1. The van der Waals surface area contributed by atoms with Crippen LogP contribution < -0.4 is 0 Å². The molecule has 1 aliphatic carbocycles. The van der Waals surface area contributed by atoms with Crippen molar-refractivity contribution in [1.82, 2.24) is 4.90 Å². The third-order valence-corrected chi connectivity index (χ3v) is 5.03. The Morgan fingerprint density at radius 2 is 2.00 bits per heavy atom. The Kier molecular flexibility index (Phi) is 4.48. The number of carbonyl (C=O) groups excluding carboxylic acids is 1. The Labute approximate surface area is 115 Å². The van der Waals surface area contributed by atoms with Gasteiger partial charge >= 0.3 is 5.97 Å². The van der Waals surface area contributed by atoms with Gasteiger partial charge in [-0.3, -0.25) is 9.59 Å². The first kappa shape index (κ1) is 14.4. The summed E-state index contributed by atoms with van der Waals surface area (Å²) in [6.45, 7) is 3.72. The molecular formula is C15H25NO3. The molecule has 2 aliphatic rings. The maximum atomic E-state index is 12.7. The van der Waals surface area contributed by atoms with Crippen molar-refractivity contribution in [2.45, 2.75) is 58.3 Å². The molecule has 0 radical (unpaired) electrons. The van der Waals surface area contributed by atoms with E-state index in [0.29, 0.717) is 18.2 Å². The summed E-state index contributed by atoms with van der Waals surface area (Å²) in [7, 11) is 0. The second-order valence-corrected chi connectivity index (χ2v) is 6.18. The molecule has 1 saturated heterocycles. The summed E-state index contributed by atoms with van der Waals surface area (Å²) in [5.41, 5.74) is -0.0955. The maximum absolute atomic E-state index is 12.7. The van der Waals surface area contributed by atoms with E-state index in [1.165, 1.54) is 12.8 Å². The summed E-state index contributed by atoms with van der Waals surface area (Å²) in [4.78, 5) is 25.3. The lowest BCUT2D eigenvalue weighted by Crippen LogP contribution is -2.41. The molecule has 0 aromatic carbocycles. The fourth-order valence-electron chi connectivity index (χ4n) is 3.69. The first-order valence-electron chi connectivity index (χ1n) is 7.58. The summed E-state index contributed by atoms with van der Waals surface area (Å²) in [6.07, 6.45) is 7.29. The number of carboxylic acids is 1. The minimum absolute atomic E-state index is 0.0955. The predicted molar refractivity (Wildman–Crippen MR) is 72.7 cm³/mol. The molecule has 19 heavy (non-hydrogen) atoms. The van der Waals surface area contributed by atoms with Crippen molar-refractivity contribution in [3.05, 3.63) is 0 Å².